The summed E-state index contributed by atoms with van der Waals surface area (Å²) in [6, 6.07) is 21.7. The average Bonchev–Trinajstić information content (AvgIpc) is 3.90. The summed E-state index contributed by atoms with van der Waals surface area (Å²) in [4.78, 5) is 38.7. The summed E-state index contributed by atoms with van der Waals surface area (Å²) in [6.07, 6.45) is 19.4. The van der Waals surface area contributed by atoms with Crippen LogP contribution < -0.4 is 0 Å². The first-order valence-corrected chi connectivity index (χ1v) is 18.1. The first-order valence-electron chi connectivity index (χ1n) is 18.1. The first-order chi connectivity index (χ1) is 25.7. The number of nitrogens with one attached hydrogen (secondary N) is 2. The maximum absolute atomic E-state index is 5.33. The van der Waals surface area contributed by atoms with E-state index in [9.17, 15) is 0 Å². The molecule has 52 heavy (non-hydrogen) atoms. The van der Waals surface area contributed by atoms with Crippen molar-refractivity contribution in [2.24, 2.45) is 0 Å². The molecule has 0 amide bonds. The van der Waals surface area contributed by atoms with Gasteiger partial charge in [-0.1, -0.05) is 60.7 Å². The lowest BCUT2D eigenvalue weighted by molar-refractivity contribution is 0.986. The number of fused-ring (bicyclic) bond motifs is 23. The minimum absolute atomic E-state index is 0.628. The highest BCUT2D eigenvalue weighted by Gasteiger charge is 2.25. The van der Waals surface area contributed by atoms with E-state index in [4.69, 9.17) is 29.9 Å². The van der Waals surface area contributed by atoms with Crippen LogP contribution in [0.2, 0.25) is 0 Å². The van der Waals surface area contributed by atoms with E-state index in [0.29, 0.717) is 34.6 Å². The molecule has 8 bridgehead atoms. The van der Waals surface area contributed by atoms with Crippen LogP contribution in [0.25, 0.3) is 108 Å². The lowest BCUT2D eigenvalue weighted by Gasteiger charge is -2.12. The molecule has 0 fully saturated rings. The van der Waals surface area contributed by atoms with Crippen LogP contribution in [0.1, 0.15) is 52.6 Å². The quantitative estimate of drug-likeness (QED) is 0.166. The zero-order valence-corrected chi connectivity index (χ0v) is 28.2. The number of benzene rings is 4. The molecule has 8 nitrogen and oxygen atoms in total. The Hall–Kier alpha value is -6.54. The Kier molecular flexibility index (Phi) is 5.69. The minimum atomic E-state index is 0.628. The maximum atomic E-state index is 5.33. The molecule has 0 saturated carbocycles. The van der Waals surface area contributed by atoms with Crippen LogP contribution in [0.3, 0.4) is 0 Å². The standard InChI is InChI=1S/C44H30N8/c1-3-11-25-19-33-31(17-23(25)9-1)39-46-37-29-15-7-8-16-30(29)38(45-37)47-40-32-18-24-10-2-4-12-26(24)20-34(32)42(49-40)51-44-36-22-28-14-6-5-13-27(28)21-35(36)43(52-44)50-41(33)48-39/h1,4,6-9,12,14-22H,2-3,5,10-11,13H2,(H2,45,46,47,48,49,50,51,52). The van der Waals surface area contributed by atoms with Crippen LogP contribution in [0, 0.1) is 0 Å². The van der Waals surface area contributed by atoms with Crippen molar-refractivity contribution in [3.05, 3.63) is 112 Å². The lowest BCUT2D eigenvalue weighted by Crippen LogP contribution is -1.96. The highest BCUT2D eigenvalue weighted by Crippen LogP contribution is 2.41. The molecule has 5 aliphatic rings. The van der Waals surface area contributed by atoms with Gasteiger partial charge >= 0.3 is 0 Å². The van der Waals surface area contributed by atoms with Gasteiger partial charge in [-0.15, -0.1) is 0 Å². The largest absolute Gasteiger partial charge is 0.324 e. The summed E-state index contributed by atoms with van der Waals surface area (Å²) >= 11 is 0. The number of aromatic amines is 2. The Morgan fingerprint density at radius 3 is 1.25 bits per heavy atom. The summed E-state index contributed by atoms with van der Waals surface area (Å²) in [5.74, 6) is 2.54. The second-order valence-corrected chi connectivity index (χ2v) is 14.3. The van der Waals surface area contributed by atoms with Crippen molar-refractivity contribution in [2.45, 2.75) is 38.5 Å². The van der Waals surface area contributed by atoms with Gasteiger partial charge in [-0.3, -0.25) is 0 Å². The lowest BCUT2D eigenvalue weighted by atomic mass is 9.92. The Labute approximate surface area is 297 Å². The molecule has 3 aromatic heterocycles. The topological polar surface area (TPSA) is 109 Å². The first kappa shape index (κ1) is 28.2. The molecule has 4 aromatic carbocycles. The van der Waals surface area contributed by atoms with Gasteiger partial charge in [0.05, 0.1) is 0 Å². The van der Waals surface area contributed by atoms with Crippen LogP contribution in [-0.4, -0.2) is 39.9 Å². The fourth-order valence-electron chi connectivity index (χ4n) is 8.53. The number of aromatic nitrogens is 8. The minimum Gasteiger partial charge on any atom is -0.324 e. The van der Waals surface area contributed by atoms with E-state index in [0.717, 1.165) is 93.6 Å². The Morgan fingerprint density at radius 1 is 0.385 bits per heavy atom. The second kappa shape index (κ2) is 10.5. The Morgan fingerprint density at radius 2 is 0.769 bits per heavy atom. The number of H-pyrrole nitrogens is 2. The molecular weight excluding hydrogens is 641 g/mol. The van der Waals surface area contributed by atoms with Gasteiger partial charge in [0, 0.05) is 43.8 Å². The predicted octanol–water partition coefficient (Wildman–Crippen LogP) is 9.75. The van der Waals surface area contributed by atoms with Gasteiger partial charge in [0.1, 0.15) is 22.6 Å². The third-order valence-corrected chi connectivity index (χ3v) is 11.2. The molecule has 0 radical (unpaired) electrons. The third-order valence-electron chi connectivity index (χ3n) is 11.2. The molecule has 2 N–H and O–H groups in total. The zero-order chi connectivity index (χ0) is 33.9. The molecule has 0 unspecified atom stereocenters. The van der Waals surface area contributed by atoms with E-state index >= 15 is 0 Å². The van der Waals surface area contributed by atoms with Crippen LogP contribution in [-0.2, 0) is 19.3 Å². The van der Waals surface area contributed by atoms with Gasteiger partial charge in [0.2, 0.25) is 0 Å². The van der Waals surface area contributed by atoms with Crippen molar-refractivity contribution >= 4 is 62.4 Å². The van der Waals surface area contributed by atoms with Crippen molar-refractivity contribution in [3.8, 4) is 45.6 Å². The predicted molar refractivity (Wildman–Crippen MR) is 208 cm³/mol. The molecule has 7 aromatic rings. The van der Waals surface area contributed by atoms with E-state index in [2.05, 4.69) is 95.0 Å². The van der Waals surface area contributed by atoms with Gasteiger partial charge in [0.25, 0.3) is 0 Å². The van der Waals surface area contributed by atoms with Gasteiger partial charge in [0.15, 0.2) is 23.3 Å². The SMILES string of the molecule is C1=Cc2cc3c(cc2CC1)-c1nc-3nc2[nH]c(nc3nc(nc4[nH]c(n1)c1ccccc41)-c1cc4c(cc1-3)CCC=C4)c1cc3c(cc21)C=CCC3. The number of hydrogen-bond acceptors (Lipinski definition) is 6. The molecule has 2 aliphatic heterocycles. The number of aryl methyl sites for hydroxylation is 3. The van der Waals surface area contributed by atoms with Gasteiger partial charge in [-0.05, 0) is 108 Å². The summed E-state index contributed by atoms with van der Waals surface area (Å²) < 4.78 is 0. The smallest absolute Gasteiger partial charge is 0.164 e. The van der Waals surface area contributed by atoms with Crippen molar-refractivity contribution in [1.29, 1.82) is 0 Å². The number of nitrogens with zero attached hydrogens (tertiary/aromatic N) is 6. The fourth-order valence-corrected chi connectivity index (χ4v) is 8.53. The molecule has 0 saturated heterocycles. The van der Waals surface area contributed by atoms with Crippen LogP contribution in [0.4, 0.5) is 0 Å². The Bertz CT molecular complexity index is 3030. The van der Waals surface area contributed by atoms with Gasteiger partial charge in [-0.25, -0.2) is 29.9 Å². The van der Waals surface area contributed by atoms with Crippen LogP contribution >= 0.6 is 0 Å². The maximum Gasteiger partial charge on any atom is 0.164 e. The van der Waals surface area contributed by atoms with Gasteiger partial charge < -0.3 is 9.97 Å². The van der Waals surface area contributed by atoms with Crippen LogP contribution in [0.5, 0.6) is 0 Å². The summed E-state index contributed by atoms with van der Waals surface area (Å²) in [6.45, 7) is 0. The highest BCUT2D eigenvalue weighted by atomic mass is 15.1. The molecule has 8 heteroatoms. The van der Waals surface area contributed by atoms with Crippen molar-refractivity contribution < 1.29 is 0 Å². The number of hydrogen-bond donors (Lipinski definition) is 2. The third kappa shape index (κ3) is 4.15. The molecule has 3 aliphatic carbocycles. The zero-order valence-electron chi connectivity index (χ0n) is 28.2. The van der Waals surface area contributed by atoms with E-state index in [1.54, 1.807) is 0 Å². The summed E-state index contributed by atoms with van der Waals surface area (Å²) in [5, 5.41) is 3.97. The summed E-state index contributed by atoms with van der Waals surface area (Å²) in [5.41, 5.74) is 14.3. The number of allylic oxidation sites excluding steroid dienone is 3. The molecular formula is C44H30N8. The van der Waals surface area contributed by atoms with Crippen molar-refractivity contribution in [3.63, 3.8) is 0 Å². The summed E-state index contributed by atoms with van der Waals surface area (Å²) in [7, 11) is 0. The van der Waals surface area contributed by atoms with E-state index in [1.807, 2.05) is 12.1 Å². The molecule has 0 atom stereocenters. The normalized spacial score (nSPS) is 15.0. The van der Waals surface area contributed by atoms with Gasteiger partial charge in [-0.2, -0.15) is 0 Å². The van der Waals surface area contributed by atoms with E-state index in [1.165, 1.54) is 33.4 Å². The second-order valence-electron chi connectivity index (χ2n) is 14.3. The molecule has 0 spiro atoms. The average molecular weight is 671 g/mol. The van der Waals surface area contributed by atoms with Crippen molar-refractivity contribution in [2.75, 3.05) is 0 Å². The van der Waals surface area contributed by atoms with Crippen molar-refractivity contribution in [1.82, 2.24) is 39.9 Å². The number of rotatable bonds is 0. The highest BCUT2D eigenvalue weighted by molar-refractivity contribution is 6.07. The molecule has 5 heterocycles. The van der Waals surface area contributed by atoms with Crippen LogP contribution in [0.15, 0.2) is 78.9 Å². The monoisotopic (exact) mass is 670 g/mol. The van der Waals surface area contributed by atoms with E-state index in [-0.39, 0.29) is 0 Å². The fraction of sp³-hybridized carbons (Fsp3) is 0.136. The Balaban J connectivity index is 1.25. The molecule has 246 valence electrons. The van der Waals surface area contributed by atoms with E-state index < -0.39 is 0 Å². The molecule has 12 rings (SSSR count).